The molecule has 6 heteroatoms. The molecule has 4 nitrogen and oxygen atoms in total. The molecule has 0 fully saturated rings. The highest BCUT2D eigenvalue weighted by molar-refractivity contribution is 7.13. The van der Waals surface area contributed by atoms with E-state index in [2.05, 4.69) is 32.2 Å². The summed E-state index contributed by atoms with van der Waals surface area (Å²) in [5.41, 5.74) is 2.28. The van der Waals surface area contributed by atoms with Gasteiger partial charge in [0, 0.05) is 33.8 Å². The van der Waals surface area contributed by atoms with Crippen LogP contribution in [0.15, 0.2) is 17.5 Å². The van der Waals surface area contributed by atoms with E-state index in [9.17, 15) is 10.1 Å². The first kappa shape index (κ1) is 14.2. The van der Waals surface area contributed by atoms with Gasteiger partial charge in [-0.05, 0) is 38.0 Å². The number of nitrogens with one attached hydrogen (secondary N) is 1. The van der Waals surface area contributed by atoms with Crippen molar-refractivity contribution in [2.75, 3.05) is 0 Å². The zero-order chi connectivity index (χ0) is 14.0. The molecule has 1 unspecified atom stereocenters. The predicted molar refractivity (Wildman–Crippen MR) is 80.0 cm³/mol. The Morgan fingerprint density at radius 1 is 1.42 bits per heavy atom. The Kier molecular flexibility index (Phi) is 4.34. The molecular weight excluding hydrogens is 280 g/mol. The Hall–Kier alpha value is -1.24. The number of thiophene rings is 2. The average Bonchev–Trinajstić information content (AvgIpc) is 2.93. The Labute approximate surface area is 120 Å². The van der Waals surface area contributed by atoms with Gasteiger partial charge in [0.1, 0.15) is 0 Å². The largest absolute Gasteiger partial charge is 0.324 e. The maximum absolute atomic E-state index is 10.6. The molecule has 0 spiro atoms. The van der Waals surface area contributed by atoms with Crippen LogP contribution in [0.4, 0.5) is 5.00 Å². The Balaban J connectivity index is 1.98. The van der Waals surface area contributed by atoms with Crippen LogP contribution in [-0.2, 0) is 6.54 Å². The minimum atomic E-state index is -0.343. The molecule has 0 aromatic carbocycles. The lowest BCUT2D eigenvalue weighted by Gasteiger charge is -2.13. The molecule has 19 heavy (non-hydrogen) atoms. The van der Waals surface area contributed by atoms with Crippen LogP contribution in [0.3, 0.4) is 0 Å². The third-order valence-corrected chi connectivity index (χ3v) is 4.89. The van der Waals surface area contributed by atoms with Crippen molar-refractivity contribution in [3.05, 3.63) is 48.5 Å². The van der Waals surface area contributed by atoms with Crippen molar-refractivity contribution in [3.63, 3.8) is 0 Å². The van der Waals surface area contributed by atoms with Gasteiger partial charge in [-0.25, -0.2) is 0 Å². The van der Waals surface area contributed by atoms with Gasteiger partial charge in [0.25, 0.3) is 0 Å². The van der Waals surface area contributed by atoms with Crippen molar-refractivity contribution in [1.82, 2.24) is 5.32 Å². The van der Waals surface area contributed by atoms with E-state index in [0.717, 1.165) is 5.56 Å². The lowest BCUT2D eigenvalue weighted by molar-refractivity contribution is -0.380. The average molecular weight is 296 g/mol. The summed E-state index contributed by atoms with van der Waals surface area (Å²) in [6.07, 6.45) is 0. The highest BCUT2D eigenvalue weighted by Crippen LogP contribution is 2.27. The van der Waals surface area contributed by atoms with E-state index >= 15 is 0 Å². The Bertz CT molecular complexity index is 589. The third-order valence-electron chi connectivity index (χ3n) is 2.98. The smallest absolute Gasteiger partial charge is 0.306 e. The van der Waals surface area contributed by atoms with E-state index in [0.29, 0.717) is 6.54 Å². The Morgan fingerprint density at radius 3 is 2.68 bits per heavy atom. The standard InChI is InChI=1S/C13H16N2O2S2/c1-8-4-12(10(3)19-8)9(2)14-6-11-5-13(15(16)17)18-7-11/h4-5,7,9,14H,6H2,1-3H3. The molecule has 2 aromatic rings. The second-order valence-corrected chi connectivity index (χ2v) is 6.87. The molecule has 0 bridgehead atoms. The molecule has 0 saturated carbocycles. The molecule has 1 atom stereocenters. The highest BCUT2D eigenvalue weighted by Gasteiger charge is 2.13. The molecule has 2 aromatic heterocycles. The van der Waals surface area contributed by atoms with Crippen LogP contribution >= 0.6 is 22.7 Å². The highest BCUT2D eigenvalue weighted by atomic mass is 32.1. The third kappa shape index (κ3) is 3.40. The minimum Gasteiger partial charge on any atom is -0.306 e. The molecular formula is C13H16N2O2S2. The van der Waals surface area contributed by atoms with Crippen molar-refractivity contribution in [3.8, 4) is 0 Å². The fraction of sp³-hybridized carbons (Fsp3) is 0.385. The van der Waals surface area contributed by atoms with Gasteiger partial charge in [-0.15, -0.1) is 11.3 Å². The van der Waals surface area contributed by atoms with E-state index in [1.807, 2.05) is 5.38 Å². The van der Waals surface area contributed by atoms with Gasteiger partial charge < -0.3 is 5.32 Å². The van der Waals surface area contributed by atoms with Crippen LogP contribution in [0.1, 0.15) is 33.8 Å². The molecule has 0 amide bonds. The van der Waals surface area contributed by atoms with Gasteiger partial charge in [-0.3, -0.25) is 10.1 Å². The maximum atomic E-state index is 10.6. The maximum Gasteiger partial charge on any atom is 0.324 e. The number of hydrogen-bond acceptors (Lipinski definition) is 5. The fourth-order valence-electron chi connectivity index (χ4n) is 2.01. The SMILES string of the molecule is Cc1cc(C(C)NCc2csc([N+](=O)[O-])c2)c(C)s1. The monoisotopic (exact) mass is 296 g/mol. The molecule has 1 N–H and O–H groups in total. The molecule has 0 aliphatic rings. The predicted octanol–water partition coefficient (Wildman–Crippen LogP) is 4.19. The van der Waals surface area contributed by atoms with Gasteiger partial charge in [-0.1, -0.05) is 11.3 Å². The van der Waals surface area contributed by atoms with Crippen LogP contribution in [0, 0.1) is 24.0 Å². The molecule has 0 aliphatic carbocycles. The lowest BCUT2D eigenvalue weighted by atomic mass is 10.1. The van der Waals surface area contributed by atoms with Crippen LogP contribution in [0.25, 0.3) is 0 Å². The van der Waals surface area contributed by atoms with Crippen LogP contribution in [0.2, 0.25) is 0 Å². The topological polar surface area (TPSA) is 55.2 Å². The first-order valence-electron chi connectivity index (χ1n) is 5.99. The van der Waals surface area contributed by atoms with E-state index < -0.39 is 0 Å². The first-order valence-corrected chi connectivity index (χ1v) is 7.69. The summed E-state index contributed by atoms with van der Waals surface area (Å²) in [4.78, 5) is 12.9. The van der Waals surface area contributed by atoms with Crippen molar-refractivity contribution in [1.29, 1.82) is 0 Å². The van der Waals surface area contributed by atoms with Crippen molar-refractivity contribution in [2.45, 2.75) is 33.4 Å². The number of hydrogen-bond donors (Lipinski definition) is 1. The molecule has 2 rings (SSSR count). The molecule has 102 valence electrons. The Morgan fingerprint density at radius 2 is 2.16 bits per heavy atom. The van der Waals surface area contributed by atoms with Gasteiger partial charge in [-0.2, -0.15) is 0 Å². The number of nitrogens with zero attached hydrogens (tertiary/aromatic N) is 1. The zero-order valence-electron chi connectivity index (χ0n) is 11.1. The second kappa shape index (κ2) is 5.81. The summed E-state index contributed by atoms with van der Waals surface area (Å²) in [5, 5.41) is 16.1. The zero-order valence-corrected chi connectivity index (χ0v) is 12.7. The normalized spacial score (nSPS) is 12.6. The molecule has 0 radical (unpaired) electrons. The van der Waals surface area contributed by atoms with Crippen LogP contribution in [-0.4, -0.2) is 4.92 Å². The fourth-order valence-corrected chi connectivity index (χ4v) is 3.76. The summed E-state index contributed by atoms with van der Waals surface area (Å²) >= 11 is 2.98. The number of rotatable bonds is 5. The number of aryl methyl sites for hydroxylation is 2. The summed E-state index contributed by atoms with van der Waals surface area (Å²) in [7, 11) is 0. The van der Waals surface area contributed by atoms with Crippen LogP contribution in [0.5, 0.6) is 0 Å². The van der Waals surface area contributed by atoms with E-state index in [1.165, 1.54) is 26.7 Å². The minimum absolute atomic E-state index is 0.201. The van der Waals surface area contributed by atoms with E-state index in [1.54, 1.807) is 17.4 Å². The van der Waals surface area contributed by atoms with E-state index in [4.69, 9.17) is 0 Å². The van der Waals surface area contributed by atoms with Crippen molar-refractivity contribution >= 4 is 27.7 Å². The molecule has 0 saturated heterocycles. The van der Waals surface area contributed by atoms with Crippen molar-refractivity contribution in [2.24, 2.45) is 0 Å². The summed E-state index contributed by atoms with van der Waals surface area (Å²) in [6.45, 7) is 7.01. The lowest BCUT2D eigenvalue weighted by Crippen LogP contribution is -2.17. The summed E-state index contributed by atoms with van der Waals surface area (Å²) in [6, 6.07) is 4.09. The quantitative estimate of drug-likeness (QED) is 0.665. The summed E-state index contributed by atoms with van der Waals surface area (Å²) < 4.78 is 0. The molecule has 0 aliphatic heterocycles. The van der Waals surface area contributed by atoms with Gasteiger partial charge in [0.15, 0.2) is 0 Å². The van der Waals surface area contributed by atoms with Gasteiger partial charge in [0.05, 0.1) is 4.92 Å². The van der Waals surface area contributed by atoms with Crippen molar-refractivity contribution < 1.29 is 4.92 Å². The van der Waals surface area contributed by atoms with Crippen LogP contribution < -0.4 is 5.32 Å². The first-order chi connectivity index (χ1) is 8.97. The summed E-state index contributed by atoms with van der Waals surface area (Å²) in [5.74, 6) is 0. The van der Waals surface area contributed by atoms with Gasteiger partial charge >= 0.3 is 5.00 Å². The van der Waals surface area contributed by atoms with E-state index in [-0.39, 0.29) is 16.0 Å². The second-order valence-electron chi connectivity index (χ2n) is 4.52. The number of nitro groups is 1. The van der Waals surface area contributed by atoms with Gasteiger partial charge in [0.2, 0.25) is 0 Å². The molecule has 2 heterocycles.